The van der Waals surface area contributed by atoms with Crippen molar-refractivity contribution in [2.75, 3.05) is 0 Å². The summed E-state index contributed by atoms with van der Waals surface area (Å²) in [5, 5.41) is 8.21. The highest BCUT2D eigenvalue weighted by molar-refractivity contribution is 5.76. The van der Waals surface area contributed by atoms with Gasteiger partial charge in [0.1, 0.15) is 6.29 Å². The van der Waals surface area contributed by atoms with Crippen LogP contribution in [-0.2, 0) is 0 Å². The molecule has 3 rings (SSSR count). The molecule has 0 aliphatic rings. The Hall–Kier alpha value is -2.75. The van der Waals surface area contributed by atoms with Crippen LogP contribution in [0.25, 0.3) is 22.9 Å². The van der Waals surface area contributed by atoms with Crippen LogP contribution in [0.2, 0.25) is 0 Å². The molecule has 21 heavy (non-hydrogen) atoms. The Morgan fingerprint density at radius 2 is 1.67 bits per heavy atom. The van der Waals surface area contributed by atoms with Gasteiger partial charge in [-0.1, -0.05) is 29.8 Å². The second kappa shape index (κ2) is 5.32. The summed E-state index contributed by atoms with van der Waals surface area (Å²) >= 11 is 0. The number of benzene rings is 2. The Labute approximate surface area is 122 Å². The molecule has 104 valence electrons. The van der Waals surface area contributed by atoms with Crippen LogP contribution in [0.1, 0.15) is 21.5 Å². The molecular weight excluding hydrogens is 264 g/mol. The third kappa shape index (κ3) is 2.60. The topological polar surface area (TPSA) is 56.0 Å². The van der Waals surface area contributed by atoms with Crippen LogP contribution >= 0.6 is 0 Å². The number of carbonyl (C=O) groups is 1. The lowest BCUT2D eigenvalue weighted by molar-refractivity contribution is 0.112. The van der Waals surface area contributed by atoms with E-state index in [0.29, 0.717) is 17.3 Å². The van der Waals surface area contributed by atoms with Gasteiger partial charge in [-0.2, -0.15) is 0 Å². The van der Waals surface area contributed by atoms with E-state index in [1.165, 1.54) is 0 Å². The highest BCUT2D eigenvalue weighted by atomic mass is 16.4. The van der Waals surface area contributed by atoms with Crippen LogP contribution < -0.4 is 0 Å². The number of aryl methyl sites for hydroxylation is 2. The molecule has 0 fully saturated rings. The lowest BCUT2D eigenvalue weighted by Gasteiger charge is -2.01. The summed E-state index contributed by atoms with van der Waals surface area (Å²) in [6.45, 7) is 4.04. The number of rotatable bonds is 3. The Bertz CT molecular complexity index is 789. The van der Waals surface area contributed by atoms with E-state index in [4.69, 9.17) is 4.42 Å². The Morgan fingerprint density at radius 3 is 2.38 bits per heavy atom. The lowest BCUT2D eigenvalue weighted by Crippen LogP contribution is -1.84. The Morgan fingerprint density at radius 1 is 0.952 bits per heavy atom. The van der Waals surface area contributed by atoms with Crippen LogP contribution in [0.4, 0.5) is 0 Å². The fraction of sp³-hybridized carbons (Fsp3) is 0.118. The largest absolute Gasteiger partial charge is 0.416 e. The highest BCUT2D eigenvalue weighted by Crippen LogP contribution is 2.26. The van der Waals surface area contributed by atoms with Crippen molar-refractivity contribution in [3.63, 3.8) is 0 Å². The van der Waals surface area contributed by atoms with Gasteiger partial charge in [0, 0.05) is 16.7 Å². The molecule has 4 heteroatoms. The van der Waals surface area contributed by atoms with Crippen molar-refractivity contribution in [2.45, 2.75) is 13.8 Å². The van der Waals surface area contributed by atoms with Gasteiger partial charge < -0.3 is 4.42 Å². The van der Waals surface area contributed by atoms with Crippen molar-refractivity contribution in [2.24, 2.45) is 0 Å². The zero-order valence-electron chi connectivity index (χ0n) is 11.8. The summed E-state index contributed by atoms with van der Waals surface area (Å²) < 4.78 is 5.75. The van der Waals surface area contributed by atoms with Gasteiger partial charge in [-0.15, -0.1) is 10.2 Å². The number of hydrogen-bond donors (Lipinski definition) is 0. The molecule has 0 amide bonds. The van der Waals surface area contributed by atoms with E-state index in [2.05, 4.69) is 10.2 Å². The third-order valence-corrected chi connectivity index (χ3v) is 3.34. The molecule has 0 aliphatic heterocycles. The summed E-state index contributed by atoms with van der Waals surface area (Å²) in [5.74, 6) is 0.953. The van der Waals surface area contributed by atoms with E-state index < -0.39 is 0 Å². The Balaban J connectivity index is 1.99. The third-order valence-electron chi connectivity index (χ3n) is 3.34. The highest BCUT2D eigenvalue weighted by Gasteiger charge is 2.12. The van der Waals surface area contributed by atoms with Gasteiger partial charge in [-0.3, -0.25) is 4.79 Å². The second-order valence-corrected chi connectivity index (χ2v) is 4.97. The van der Waals surface area contributed by atoms with Crippen molar-refractivity contribution in [1.82, 2.24) is 10.2 Å². The first-order valence-corrected chi connectivity index (χ1v) is 6.64. The first-order valence-electron chi connectivity index (χ1n) is 6.64. The van der Waals surface area contributed by atoms with Gasteiger partial charge in [-0.25, -0.2) is 0 Å². The molecule has 1 heterocycles. The molecule has 0 bridgehead atoms. The van der Waals surface area contributed by atoms with Gasteiger partial charge in [0.25, 0.3) is 0 Å². The fourth-order valence-corrected chi connectivity index (χ4v) is 2.12. The van der Waals surface area contributed by atoms with Gasteiger partial charge in [0.15, 0.2) is 0 Å². The van der Waals surface area contributed by atoms with Crippen LogP contribution in [0, 0.1) is 13.8 Å². The minimum atomic E-state index is 0.448. The molecule has 3 aromatic rings. The number of hydrogen-bond acceptors (Lipinski definition) is 4. The molecule has 0 aliphatic carbocycles. The summed E-state index contributed by atoms with van der Waals surface area (Å²) in [6, 6.07) is 13.2. The van der Waals surface area contributed by atoms with Crippen LogP contribution in [0.3, 0.4) is 0 Å². The number of aldehydes is 1. The van der Waals surface area contributed by atoms with E-state index in [-0.39, 0.29) is 0 Å². The Kier molecular flexibility index (Phi) is 3.36. The van der Waals surface area contributed by atoms with Crippen molar-refractivity contribution in [3.05, 3.63) is 59.2 Å². The predicted octanol–water partition coefficient (Wildman–Crippen LogP) is 3.83. The van der Waals surface area contributed by atoms with E-state index in [0.717, 1.165) is 28.5 Å². The average molecular weight is 278 g/mol. The smallest absolute Gasteiger partial charge is 0.248 e. The van der Waals surface area contributed by atoms with Gasteiger partial charge in [0.2, 0.25) is 11.8 Å². The second-order valence-electron chi connectivity index (χ2n) is 4.97. The standard InChI is InChI=1S/C17H14N2O2/c1-11-3-4-12(2)15(9-11)17-19-18-16(21-17)14-7-5-13(10-20)6-8-14/h3-10H,1-2H3. The molecule has 0 radical (unpaired) electrons. The molecule has 0 spiro atoms. The maximum absolute atomic E-state index is 10.7. The molecule has 2 aromatic carbocycles. The molecule has 1 aromatic heterocycles. The first-order chi connectivity index (χ1) is 10.2. The number of aromatic nitrogens is 2. The van der Waals surface area contributed by atoms with Gasteiger partial charge >= 0.3 is 0 Å². The SMILES string of the molecule is Cc1ccc(C)c(-c2nnc(-c3ccc(C=O)cc3)o2)c1. The monoisotopic (exact) mass is 278 g/mol. The van der Waals surface area contributed by atoms with E-state index in [1.807, 2.05) is 32.0 Å². The van der Waals surface area contributed by atoms with Crippen molar-refractivity contribution in [3.8, 4) is 22.9 Å². The van der Waals surface area contributed by atoms with Crippen molar-refractivity contribution >= 4 is 6.29 Å². The summed E-state index contributed by atoms with van der Waals surface area (Å²) in [7, 11) is 0. The fourth-order valence-electron chi connectivity index (χ4n) is 2.12. The predicted molar refractivity (Wildman–Crippen MR) is 80.0 cm³/mol. The van der Waals surface area contributed by atoms with Crippen LogP contribution in [-0.4, -0.2) is 16.5 Å². The summed E-state index contributed by atoms with van der Waals surface area (Å²) in [5.41, 5.74) is 4.59. The lowest BCUT2D eigenvalue weighted by atomic mass is 10.1. The molecule has 0 saturated heterocycles. The number of nitrogens with zero attached hydrogens (tertiary/aromatic N) is 2. The number of carbonyl (C=O) groups excluding carboxylic acids is 1. The maximum Gasteiger partial charge on any atom is 0.248 e. The zero-order chi connectivity index (χ0) is 14.8. The minimum absolute atomic E-state index is 0.448. The molecule has 0 N–H and O–H groups in total. The van der Waals surface area contributed by atoms with Crippen LogP contribution in [0.5, 0.6) is 0 Å². The summed E-state index contributed by atoms with van der Waals surface area (Å²) in [6.07, 6.45) is 0.805. The summed E-state index contributed by atoms with van der Waals surface area (Å²) in [4.78, 5) is 10.7. The minimum Gasteiger partial charge on any atom is -0.416 e. The quantitative estimate of drug-likeness (QED) is 0.683. The van der Waals surface area contributed by atoms with Crippen molar-refractivity contribution in [1.29, 1.82) is 0 Å². The van der Waals surface area contributed by atoms with E-state index in [1.54, 1.807) is 24.3 Å². The molecule has 4 nitrogen and oxygen atoms in total. The van der Waals surface area contributed by atoms with Gasteiger partial charge in [-0.05, 0) is 37.6 Å². The molecular formula is C17H14N2O2. The first kappa shape index (κ1) is 13.2. The normalized spacial score (nSPS) is 10.6. The zero-order valence-corrected chi connectivity index (χ0v) is 11.8. The molecule has 0 saturated carbocycles. The molecule has 0 unspecified atom stereocenters. The maximum atomic E-state index is 10.7. The van der Waals surface area contributed by atoms with Gasteiger partial charge in [0.05, 0.1) is 0 Å². The van der Waals surface area contributed by atoms with E-state index in [9.17, 15) is 4.79 Å². The molecule has 0 atom stereocenters. The van der Waals surface area contributed by atoms with Crippen molar-refractivity contribution < 1.29 is 9.21 Å². The van der Waals surface area contributed by atoms with Crippen LogP contribution in [0.15, 0.2) is 46.9 Å². The van der Waals surface area contributed by atoms with E-state index >= 15 is 0 Å². The average Bonchev–Trinajstić information content (AvgIpc) is 2.99.